The highest BCUT2D eigenvalue weighted by Gasteiger charge is 2.25. The summed E-state index contributed by atoms with van der Waals surface area (Å²) in [6.45, 7) is 0. The molecular weight excluding hydrogens is 420 g/mol. The largest absolute Gasteiger partial charge is 0.493 e. The van der Waals surface area contributed by atoms with Crippen LogP contribution in [0, 0.1) is 0 Å². The second-order valence-electron chi connectivity index (χ2n) is 6.36. The molecule has 32 heavy (non-hydrogen) atoms. The van der Waals surface area contributed by atoms with Gasteiger partial charge in [-0.1, -0.05) is 5.21 Å². The Bertz CT molecular complexity index is 1090. The number of hydrogen-bond donors (Lipinski definition) is 1. The molecular formula is C21H24N4O7. The lowest BCUT2D eigenvalue weighted by molar-refractivity contribution is 0.0996. The molecule has 0 saturated heterocycles. The minimum atomic E-state index is -0.757. The van der Waals surface area contributed by atoms with Gasteiger partial charge in [0, 0.05) is 17.7 Å². The molecule has 170 valence electrons. The molecule has 0 atom stereocenters. The van der Waals surface area contributed by atoms with Crippen molar-refractivity contribution < 1.29 is 33.2 Å². The molecule has 0 radical (unpaired) electrons. The van der Waals surface area contributed by atoms with Crippen molar-refractivity contribution in [2.75, 3.05) is 42.7 Å². The minimum Gasteiger partial charge on any atom is -0.493 e. The molecule has 0 bridgehead atoms. The highest BCUT2D eigenvalue weighted by atomic mass is 16.5. The Morgan fingerprint density at radius 1 is 0.750 bits per heavy atom. The third-order valence-corrected chi connectivity index (χ3v) is 4.74. The van der Waals surface area contributed by atoms with Crippen LogP contribution in [-0.4, -0.2) is 63.6 Å². The molecule has 0 aliphatic carbocycles. The molecule has 0 spiro atoms. The molecule has 0 unspecified atom stereocenters. The van der Waals surface area contributed by atoms with Crippen molar-refractivity contribution in [3.8, 4) is 51.4 Å². The number of carbonyl (C=O) groups is 1. The van der Waals surface area contributed by atoms with E-state index in [-0.39, 0.29) is 5.69 Å². The molecule has 1 aromatic heterocycles. The molecule has 2 aromatic carbocycles. The van der Waals surface area contributed by atoms with Crippen LogP contribution in [0.5, 0.6) is 34.5 Å². The number of ether oxygens (including phenoxy) is 6. The summed E-state index contributed by atoms with van der Waals surface area (Å²) in [5.41, 5.74) is 6.85. The van der Waals surface area contributed by atoms with Crippen LogP contribution in [0.15, 0.2) is 24.3 Å². The number of primary amides is 1. The quantitative estimate of drug-likeness (QED) is 0.527. The van der Waals surface area contributed by atoms with Crippen LogP contribution in [0.2, 0.25) is 0 Å². The van der Waals surface area contributed by atoms with Crippen LogP contribution < -0.4 is 34.2 Å². The standard InChI is InChI=1S/C21H24N4O7/c1-27-13-7-11(8-14(28-2)19(13)31-5)18-17(21(22)26)23-24-25(18)12-9-15(29-3)20(32-6)16(10-12)30-4/h7-10H,1-6H3,(H2,22,26). The van der Waals surface area contributed by atoms with Gasteiger partial charge in [0.2, 0.25) is 11.5 Å². The smallest absolute Gasteiger partial charge is 0.271 e. The van der Waals surface area contributed by atoms with E-state index in [0.717, 1.165) is 0 Å². The Labute approximate surface area is 184 Å². The second kappa shape index (κ2) is 9.33. The lowest BCUT2D eigenvalue weighted by atomic mass is 10.1. The molecule has 3 aromatic rings. The molecule has 0 saturated carbocycles. The van der Waals surface area contributed by atoms with Crippen molar-refractivity contribution >= 4 is 5.91 Å². The predicted molar refractivity (Wildman–Crippen MR) is 115 cm³/mol. The zero-order valence-corrected chi connectivity index (χ0v) is 18.6. The summed E-state index contributed by atoms with van der Waals surface area (Å²) in [7, 11) is 8.98. The summed E-state index contributed by atoms with van der Waals surface area (Å²) >= 11 is 0. The Morgan fingerprint density at radius 3 is 1.56 bits per heavy atom. The van der Waals surface area contributed by atoms with Crippen molar-refractivity contribution in [3.05, 3.63) is 30.0 Å². The van der Waals surface area contributed by atoms with Crippen LogP contribution in [0.4, 0.5) is 0 Å². The number of benzene rings is 2. The van der Waals surface area contributed by atoms with Gasteiger partial charge in [-0.3, -0.25) is 4.79 Å². The maximum atomic E-state index is 12.2. The van der Waals surface area contributed by atoms with Gasteiger partial charge in [0.1, 0.15) is 5.69 Å². The maximum Gasteiger partial charge on any atom is 0.271 e. The van der Waals surface area contributed by atoms with Crippen LogP contribution in [0.25, 0.3) is 16.9 Å². The monoisotopic (exact) mass is 444 g/mol. The number of methoxy groups -OCH3 is 6. The van der Waals surface area contributed by atoms with E-state index < -0.39 is 5.91 Å². The summed E-state index contributed by atoms with van der Waals surface area (Å²) in [4.78, 5) is 12.2. The number of hydrogen-bond acceptors (Lipinski definition) is 9. The first kappa shape index (κ1) is 22.5. The molecule has 0 aliphatic rings. The summed E-state index contributed by atoms with van der Waals surface area (Å²) in [5, 5.41) is 8.13. The van der Waals surface area contributed by atoms with Gasteiger partial charge in [0.05, 0.1) is 48.3 Å². The third-order valence-electron chi connectivity index (χ3n) is 4.74. The van der Waals surface area contributed by atoms with Gasteiger partial charge in [-0.25, -0.2) is 4.68 Å². The lowest BCUT2D eigenvalue weighted by Gasteiger charge is -2.17. The van der Waals surface area contributed by atoms with Crippen LogP contribution in [0.1, 0.15) is 10.5 Å². The highest BCUT2D eigenvalue weighted by Crippen LogP contribution is 2.43. The van der Waals surface area contributed by atoms with E-state index in [4.69, 9.17) is 34.2 Å². The minimum absolute atomic E-state index is 0.0481. The molecule has 3 rings (SSSR count). The SMILES string of the molecule is COc1cc(-c2c(C(N)=O)nnn2-c2cc(OC)c(OC)c(OC)c2)cc(OC)c1OC. The average molecular weight is 444 g/mol. The first-order valence-electron chi connectivity index (χ1n) is 9.30. The zero-order valence-electron chi connectivity index (χ0n) is 18.6. The maximum absolute atomic E-state index is 12.2. The average Bonchev–Trinajstić information content (AvgIpc) is 3.27. The first-order chi connectivity index (χ1) is 15.4. The molecule has 11 nitrogen and oxygen atoms in total. The molecule has 1 amide bonds. The number of carbonyl (C=O) groups excluding carboxylic acids is 1. The molecule has 11 heteroatoms. The van der Waals surface area contributed by atoms with Crippen molar-refractivity contribution in [3.63, 3.8) is 0 Å². The summed E-state index contributed by atoms with van der Waals surface area (Å²) in [6, 6.07) is 6.67. The summed E-state index contributed by atoms with van der Waals surface area (Å²) < 4.78 is 33.9. The van der Waals surface area contributed by atoms with E-state index in [1.807, 2.05) is 0 Å². The van der Waals surface area contributed by atoms with E-state index >= 15 is 0 Å². The zero-order chi connectivity index (χ0) is 23.4. The predicted octanol–water partition coefficient (Wildman–Crippen LogP) is 2.08. The molecule has 1 heterocycles. The van der Waals surface area contributed by atoms with Crippen LogP contribution in [-0.2, 0) is 0 Å². The van der Waals surface area contributed by atoms with Crippen LogP contribution >= 0.6 is 0 Å². The van der Waals surface area contributed by atoms with E-state index in [1.54, 1.807) is 24.3 Å². The molecule has 0 aliphatic heterocycles. The van der Waals surface area contributed by atoms with Crippen molar-refractivity contribution in [1.82, 2.24) is 15.0 Å². The summed E-state index contributed by atoms with van der Waals surface area (Å²) in [6.07, 6.45) is 0. The number of nitrogens with two attached hydrogens (primary N) is 1. The van der Waals surface area contributed by atoms with Gasteiger partial charge in [-0.05, 0) is 12.1 Å². The Hall–Kier alpha value is -4.15. The Kier molecular flexibility index (Phi) is 6.57. The van der Waals surface area contributed by atoms with E-state index in [1.165, 1.54) is 47.3 Å². The number of aromatic nitrogens is 3. The Balaban J connectivity index is 2.34. The van der Waals surface area contributed by atoms with Gasteiger partial charge >= 0.3 is 0 Å². The van der Waals surface area contributed by atoms with Gasteiger partial charge < -0.3 is 34.2 Å². The third kappa shape index (κ3) is 3.80. The number of rotatable bonds is 9. The van der Waals surface area contributed by atoms with Crippen molar-refractivity contribution in [2.24, 2.45) is 5.73 Å². The van der Waals surface area contributed by atoms with E-state index in [0.29, 0.717) is 51.4 Å². The number of amides is 1. The van der Waals surface area contributed by atoms with E-state index in [9.17, 15) is 4.79 Å². The Morgan fingerprint density at radius 2 is 1.19 bits per heavy atom. The molecule has 2 N–H and O–H groups in total. The fourth-order valence-electron chi connectivity index (χ4n) is 3.29. The first-order valence-corrected chi connectivity index (χ1v) is 9.30. The van der Waals surface area contributed by atoms with Gasteiger partial charge in [0.15, 0.2) is 28.7 Å². The fourth-order valence-corrected chi connectivity index (χ4v) is 3.29. The summed E-state index contributed by atoms with van der Waals surface area (Å²) in [5.74, 6) is 1.61. The van der Waals surface area contributed by atoms with E-state index in [2.05, 4.69) is 10.3 Å². The van der Waals surface area contributed by atoms with Crippen LogP contribution in [0.3, 0.4) is 0 Å². The number of nitrogens with zero attached hydrogens (tertiary/aromatic N) is 3. The van der Waals surface area contributed by atoms with Gasteiger partial charge in [-0.2, -0.15) is 0 Å². The second-order valence-corrected chi connectivity index (χ2v) is 6.36. The fraction of sp³-hybridized carbons (Fsp3) is 0.286. The van der Waals surface area contributed by atoms with Gasteiger partial charge in [-0.15, -0.1) is 5.10 Å². The highest BCUT2D eigenvalue weighted by molar-refractivity contribution is 5.97. The van der Waals surface area contributed by atoms with Gasteiger partial charge in [0.25, 0.3) is 5.91 Å². The topological polar surface area (TPSA) is 129 Å². The molecule has 0 fully saturated rings. The van der Waals surface area contributed by atoms with Crippen molar-refractivity contribution in [1.29, 1.82) is 0 Å². The normalized spacial score (nSPS) is 10.4. The lowest BCUT2D eigenvalue weighted by Crippen LogP contribution is -2.13. The van der Waals surface area contributed by atoms with Crippen molar-refractivity contribution in [2.45, 2.75) is 0 Å².